The monoisotopic (exact) mass is 293 g/mol. The molecule has 21 heavy (non-hydrogen) atoms. The predicted octanol–water partition coefficient (Wildman–Crippen LogP) is 1.36. The highest BCUT2D eigenvalue weighted by Crippen LogP contribution is 2.16. The highest BCUT2D eigenvalue weighted by atomic mass is 19.1. The van der Waals surface area contributed by atoms with E-state index < -0.39 is 0 Å². The molecule has 1 aromatic carbocycles. The van der Waals surface area contributed by atoms with E-state index in [1.165, 1.54) is 19.1 Å². The van der Waals surface area contributed by atoms with Crippen molar-refractivity contribution >= 4 is 17.5 Å². The Bertz CT molecular complexity index is 504. The van der Waals surface area contributed by atoms with E-state index in [0.717, 1.165) is 18.5 Å². The number of amides is 2. The van der Waals surface area contributed by atoms with Gasteiger partial charge >= 0.3 is 0 Å². The summed E-state index contributed by atoms with van der Waals surface area (Å²) in [6, 6.07) is 6.33. The van der Waals surface area contributed by atoms with Gasteiger partial charge in [0.05, 0.1) is 6.54 Å². The first-order chi connectivity index (χ1) is 10.0. The molecule has 0 unspecified atom stereocenters. The Kier molecular flexibility index (Phi) is 5.14. The molecule has 1 saturated heterocycles. The fourth-order valence-corrected chi connectivity index (χ4v) is 2.42. The summed E-state index contributed by atoms with van der Waals surface area (Å²) in [5, 5.41) is 5.83. The Morgan fingerprint density at radius 2 is 2.05 bits per heavy atom. The molecule has 1 aliphatic heterocycles. The molecule has 1 atom stereocenters. The largest absolute Gasteiger partial charge is 0.381 e. The van der Waals surface area contributed by atoms with Crippen LogP contribution in [0.1, 0.15) is 19.8 Å². The second kappa shape index (κ2) is 7.06. The molecule has 2 N–H and O–H groups in total. The van der Waals surface area contributed by atoms with E-state index in [0.29, 0.717) is 13.1 Å². The number of anilines is 1. The topological polar surface area (TPSA) is 61.4 Å². The molecule has 0 spiro atoms. The third kappa shape index (κ3) is 4.73. The van der Waals surface area contributed by atoms with Gasteiger partial charge in [-0.1, -0.05) is 0 Å². The second-order valence-corrected chi connectivity index (χ2v) is 5.24. The number of piperidine rings is 1. The van der Waals surface area contributed by atoms with Crippen LogP contribution in [-0.2, 0) is 9.59 Å². The van der Waals surface area contributed by atoms with Crippen molar-refractivity contribution in [2.24, 2.45) is 0 Å². The lowest BCUT2D eigenvalue weighted by Gasteiger charge is -2.33. The second-order valence-electron chi connectivity index (χ2n) is 5.24. The number of carbonyl (C=O) groups is 2. The number of carbonyl (C=O) groups excluding carboxylic acids is 2. The van der Waals surface area contributed by atoms with E-state index in [1.54, 1.807) is 17.0 Å². The molecule has 1 fully saturated rings. The summed E-state index contributed by atoms with van der Waals surface area (Å²) < 4.78 is 12.9. The van der Waals surface area contributed by atoms with Crippen LogP contribution in [0, 0.1) is 5.82 Å². The third-order valence-corrected chi connectivity index (χ3v) is 3.48. The van der Waals surface area contributed by atoms with Gasteiger partial charge in [-0.3, -0.25) is 9.59 Å². The molecule has 114 valence electrons. The Morgan fingerprint density at radius 1 is 1.33 bits per heavy atom. The molecule has 0 radical (unpaired) electrons. The average molecular weight is 293 g/mol. The number of rotatable bonds is 4. The molecule has 0 bridgehead atoms. The summed E-state index contributed by atoms with van der Waals surface area (Å²) in [5.74, 6) is -0.548. The molecule has 0 aliphatic carbocycles. The first-order valence-electron chi connectivity index (χ1n) is 7.09. The molecule has 0 aromatic heterocycles. The van der Waals surface area contributed by atoms with Crippen LogP contribution in [0.5, 0.6) is 0 Å². The van der Waals surface area contributed by atoms with Gasteiger partial charge in [-0.05, 0) is 37.1 Å². The number of halogens is 1. The van der Waals surface area contributed by atoms with Gasteiger partial charge in [-0.15, -0.1) is 0 Å². The van der Waals surface area contributed by atoms with Crippen molar-refractivity contribution in [3.8, 4) is 0 Å². The predicted molar refractivity (Wildman–Crippen MR) is 78.3 cm³/mol. The summed E-state index contributed by atoms with van der Waals surface area (Å²) in [6.07, 6.45) is 1.87. The Hall–Kier alpha value is -2.11. The fraction of sp³-hybridized carbons (Fsp3) is 0.467. The van der Waals surface area contributed by atoms with Gasteiger partial charge in [0.2, 0.25) is 11.8 Å². The van der Waals surface area contributed by atoms with Crippen LogP contribution >= 0.6 is 0 Å². The minimum absolute atomic E-state index is 0.0403. The van der Waals surface area contributed by atoms with Gasteiger partial charge in [0.1, 0.15) is 5.82 Å². The van der Waals surface area contributed by atoms with Crippen molar-refractivity contribution in [1.82, 2.24) is 10.2 Å². The van der Waals surface area contributed by atoms with Gasteiger partial charge < -0.3 is 15.5 Å². The quantitative estimate of drug-likeness (QED) is 0.881. The fourth-order valence-electron chi connectivity index (χ4n) is 2.42. The van der Waals surface area contributed by atoms with Crippen LogP contribution in [0.25, 0.3) is 0 Å². The number of nitrogens with zero attached hydrogens (tertiary/aromatic N) is 1. The van der Waals surface area contributed by atoms with Crippen LogP contribution in [0.2, 0.25) is 0 Å². The van der Waals surface area contributed by atoms with E-state index in [1.807, 2.05) is 0 Å². The lowest BCUT2D eigenvalue weighted by atomic mass is 10.1. The van der Waals surface area contributed by atoms with Crippen molar-refractivity contribution in [3.05, 3.63) is 30.1 Å². The summed E-state index contributed by atoms with van der Waals surface area (Å²) in [7, 11) is 0. The SMILES string of the molecule is CC(=O)NCC(=O)N1CCC[C@@H](Nc2ccc(F)cc2)C1. The maximum atomic E-state index is 12.9. The normalized spacial score (nSPS) is 18.2. The molecule has 6 heteroatoms. The molecule has 0 saturated carbocycles. The van der Waals surface area contributed by atoms with Gasteiger partial charge in [0.15, 0.2) is 0 Å². The van der Waals surface area contributed by atoms with E-state index in [4.69, 9.17) is 0 Å². The zero-order valence-electron chi connectivity index (χ0n) is 12.1. The van der Waals surface area contributed by atoms with Crippen molar-refractivity contribution in [2.75, 3.05) is 25.0 Å². The summed E-state index contributed by atoms with van der Waals surface area (Å²) in [6.45, 7) is 2.73. The van der Waals surface area contributed by atoms with E-state index in [2.05, 4.69) is 10.6 Å². The van der Waals surface area contributed by atoms with Crippen LogP contribution in [0.3, 0.4) is 0 Å². The van der Waals surface area contributed by atoms with Gasteiger partial charge in [-0.25, -0.2) is 4.39 Å². The maximum Gasteiger partial charge on any atom is 0.242 e. The highest BCUT2D eigenvalue weighted by molar-refractivity contribution is 5.83. The number of nitrogens with one attached hydrogen (secondary N) is 2. The minimum Gasteiger partial charge on any atom is -0.381 e. The maximum absolute atomic E-state index is 12.9. The standard InChI is InChI=1S/C15H20FN3O2/c1-11(20)17-9-15(21)19-8-2-3-14(10-19)18-13-6-4-12(16)5-7-13/h4-7,14,18H,2-3,8-10H2,1H3,(H,17,20)/t14-/m1/s1. The smallest absolute Gasteiger partial charge is 0.242 e. The molecule has 1 heterocycles. The zero-order chi connectivity index (χ0) is 15.2. The van der Waals surface area contributed by atoms with Crippen LogP contribution in [0.4, 0.5) is 10.1 Å². The van der Waals surface area contributed by atoms with Gasteiger partial charge in [0, 0.05) is 31.7 Å². The lowest BCUT2D eigenvalue weighted by molar-refractivity contribution is -0.133. The van der Waals surface area contributed by atoms with Crippen LogP contribution in [-0.4, -0.2) is 42.4 Å². The molecular weight excluding hydrogens is 273 g/mol. The molecule has 2 rings (SSSR count). The first-order valence-corrected chi connectivity index (χ1v) is 7.09. The minimum atomic E-state index is -0.267. The average Bonchev–Trinajstić information content (AvgIpc) is 2.47. The lowest BCUT2D eigenvalue weighted by Crippen LogP contribution is -2.48. The zero-order valence-corrected chi connectivity index (χ0v) is 12.1. The van der Waals surface area contributed by atoms with E-state index in [9.17, 15) is 14.0 Å². The molecule has 2 amide bonds. The van der Waals surface area contributed by atoms with Crippen molar-refractivity contribution < 1.29 is 14.0 Å². The molecule has 1 aliphatic rings. The Labute approximate surface area is 123 Å². The summed E-state index contributed by atoms with van der Waals surface area (Å²) in [5.41, 5.74) is 0.845. The first kappa shape index (κ1) is 15.3. The van der Waals surface area contributed by atoms with Gasteiger partial charge in [0.25, 0.3) is 0 Å². The summed E-state index contributed by atoms with van der Waals surface area (Å²) in [4.78, 5) is 24.6. The number of hydrogen-bond donors (Lipinski definition) is 2. The number of likely N-dealkylation sites (tertiary alicyclic amines) is 1. The van der Waals surface area contributed by atoms with Crippen LogP contribution < -0.4 is 10.6 Å². The molecule has 1 aromatic rings. The van der Waals surface area contributed by atoms with E-state index >= 15 is 0 Å². The van der Waals surface area contributed by atoms with Crippen molar-refractivity contribution in [2.45, 2.75) is 25.8 Å². The highest BCUT2D eigenvalue weighted by Gasteiger charge is 2.23. The number of hydrogen-bond acceptors (Lipinski definition) is 3. The number of benzene rings is 1. The summed E-state index contributed by atoms with van der Waals surface area (Å²) >= 11 is 0. The van der Waals surface area contributed by atoms with Crippen molar-refractivity contribution in [1.29, 1.82) is 0 Å². The Balaban J connectivity index is 1.86. The molecule has 5 nitrogen and oxygen atoms in total. The third-order valence-electron chi connectivity index (χ3n) is 3.48. The van der Waals surface area contributed by atoms with E-state index in [-0.39, 0.29) is 30.2 Å². The molecular formula is C15H20FN3O2. The van der Waals surface area contributed by atoms with Gasteiger partial charge in [-0.2, -0.15) is 0 Å². The Morgan fingerprint density at radius 3 is 2.71 bits per heavy atom. The van der Waals surface area contributed by atoms with Crippen molar-refractivity contribution in [3.63, 3.8) is 0 Å². The van der Waals surface area contributed by atoms with Crippen LogP contribution in [0.15, 0.2) is 24.3 Å².